The quantitative estimate of drug-likeness (QED) is 0.758. The van der Waals surface area contributed by atoms with Crippen LogP contribution in [0.1, 0.15) is 49.9 Å². The van der Waals surface area contributed by atoms with E-state index in [4.69, 9.17) is 9.47 Å². The van der Waals surface area contributed by atoms with Gasteiger partial charge in [0.1, 0.15) is 5.82 Å². The molecule has 3 nitrogen and oxygen atoms in total. The van der Waals surface area contributed by atoms with Crippen molar-refractivity contribution in [3.05, 3.63) is 35.1 Å². The molecule has 4 heteroatoms. The molecule has 0 saturated carbocycles. The van der Waals surface area contributed by atoms with Crippen LogP contribution in [0.3, 0.4) is 0 Å². The van der Waals surface area contributed by atoms with Gasteiger partial charge < -0.3 is 9.47 Å². The molecule has 0 spiro atoms. The van der Waals surface area contributed by atoms with Gasteiger partial charge in [-0.2, -0.15) is 0 Å². The summed E-state index contributed by atoms with van der Waals surface area (Å²) in [7, 11) is 0. The molecular weight excluding hydrogens is 235 g/mol. The van der Waals surface area contributed by atoms with Crippen LogP contribution < -0.4 is 0 Å². The fourth-order valence-corrected chi connectivity index (χ4v) is 1.76. The van der Waals surface area contributed by atoms with Gasteiger partial charge in [0, 0.05) is 5.56 Å². The third-order valence-corrected chi connectivity index (χ3v) is 3.68. The largest absolute Gasteiger partial charge is 0.339 e. The van der Waals surface area contributed by atoms with Crippen molar-refractivity contribution in [1.29, 1.82) is 0 Å². The maximum absolute atomic E-state index is 13.5. The molecule has 1 aliphatic rings. The van der Waals surface area contributed by atoms with Gasteiger partial charge in [-0.15, -0.1) is 0 Å². The summed E-state index contributed by atoms with van der Waals surface area (Å²) in [5.74, 6) is -0.558. The zero-order chi connectivity index (χ0) is 13.6. The summed E-state index contributed by atoms with van der Waals surface area (Å²) in [5, 5.41) is 0. The van der Waals surface area contributed by atoms with Gasteiger partial charge in [-0.25, -0.2) is 4.39 Å². The molecule has 1 aliphatic heterocycles. The summed E-state index contributed by atoms with van der Waals surface area (Å²) in [6.07, 6.45) is -0.117. The molecule has 0 bridgehead atoms. The molecule has 0 amide bonds. The lowest BCUT2D eigenvalue weighted by Crippen LogP contribution is -2.41. The number of halogens is 1. The Labute approximate surface area is 106 Å². The molecule has 18 heavy (non-hydrogen) atoms. The summed E-state index contributed by atoms with van der Waals surface area (Å²) >= 11 is 0. The average Bonchev–Trinajstić information content (AvgIpc) is 2.48. The fraction of sp³-hybridized carbons (Fsp3) is 0.500. The van der Waals surface area contributed by atoms with Gasteiger partial charge in [0.2, 0.25) is 0 Å². The molecule has 2 rings (SSSR count). The van der Waals surface area contributed by atoms with Gasteiger partial charge >= 0.3 is 0 Å². The van der Waals surface area contributed by atoms with Gasteiger partial charge in [0.15, 0.2) is 12.6 Å². The lowest BCUT2D eigenvalue weighted by Gasteiger charge is -2.30. The molecule has 0 radical (unpaired) electrons. The fourth-order valence-electron chi connectivity index (χ4n) is 1.76. The zero-order valence-electron chi connectivity index (χ0n) is 11.0. The Bertz CT molecular complexity index is 464. The predicted molar refractivity (Wildman–Crippen MR) is 64.9 cm³/mol. The van der Waals surface area contributed by atoms with E-state index in [9.17, 15) is 9.18 Å². The third-order valence-electron chi connectivity index (χ3n) is 3.68. The highest BCUT2D eigenvalue weighted by atomic mass is 19.1. The molecular formula is C14H17FO3. The van der Waals surface area contributed by atoms with Crippen LogP contribution in [0.15, 0.2) is 18.2 Å². The van der Waals surface area contributed by atoms with Crippen molar-refractivity contribution >= 4 is 6.29 Å². The number of carbonyl (C=O) groups is 1. The Kier molecular flexibility index (Phi) is 3.03. The second-order valence-corrected chi connectivity index (χ2v) is 5.49. The SMILES string of the molecule is CC1(C)OC(c2ccc(C=O)c(F)c2)OC1(C)C. The molecule has 0 atom stereocenters. The van der Waals surface area contributed by atoms with Crippen LogP contribution in [0.5, 0.6) is 0 Å². The highest BCUT2D eigenvalue weighted by Crippen LogP contribution is 2.44. The van der Waals surface area contributed by atoms with Gasteiger partial charge in [-0.05, 0) is 39.8 Å². The Morgan fingerprint density at radius 1 is 1.17 bits per heavy atom. The predicted octanol–water partition coefficient (Wildman–Crippen LogP) is 3.24. The molecule has 1 aromatic carbocycles. The van der Waals surface area contributed by atoms with E-state index in [2.05, 4.69) is 0 Å². The average molecular weight is 252 g/mol. The standard InChI is InChI=1S/C14H17FO3/c1-13(2)14(3,4)18-12(17-13)9-5-6-10(8-16)11(15)7-9/h5-8,12H,1-4H3. The smallest absolute Gasteiger partial charge is 0.185 e. The van der Waals surface area contributed by atoms with Crippen LogP contribution in [-0.4, -0.2) is 17.5 Å². The second-order valence-electron chi connectivity index (χ2n) is 5.49. The van der Waals surface area contributed by atoms with Crippen molar-refractivity contribution < 1.29 is 18.7 Å². The summed E-state index contributed by atoms with van der Waals surface area (Å²) in [4.78, 5) is 10.6. The number of ether oxygens (including phenoxy) is 2. The van der Waals surface area contributed by atoms with E-state index in [0.29, 0.717) is 11.8 Å². The highest BCUT2D eigenvalue weighted by molar-refractivity contribution is 5.75. The van der Waals surface area contributed by atoms with Crippen LogP contribution in [0.4, 0.5) is 4.39 Å². The molecule has 0 aliphatic carbocycles. The topological polar surface area (TPSA) is 35.5 Å². The Hall–Kier alpha value is -1.26. The summed E-state index contributed by atoms with van der Waals surface area (Å²) in [6.45, 7) is 7.73. The van der Waals surface area contributed by atoms with E-state index in [1.165, 1.54) is 12.1 Å². The van der Waals surface area contributed by atoms with Crippen LogP contribution in [0.25, 0.3) is 0 Å². The maximum atomic E-state index is 13.5. The first-order chi connectivity index (χ1) is 8.27. The van der Waals surface area contributed by atoms with E-state index in [1.54, 1.807) is 6.07 Å². The number of benzene rings is 1. The van der Waals surface area contributed by atoms with Gasteiger partial charge in [0.25, 0.3) is 0 Å². The lowest BCUT2D eigenvalue weighted by atomic mass is 9.90. The minimum Gasteiger partial charge on any atom is -0.339 e. The molecule has 1 saturated heterocycles. The third kappa shape index (κ3) is 2.06. The van der Waals surface area contributed by atoms with Crippen molar-refractivity contribution in [3.8, 4) is 0 Å². The number of hydrogen-bond acceptors (Lipinski definition) is 3. The molecule has 0 aromatic heterocycles. The zero-order valence-corrected chi connectivity index (χ0v) is 11.0. The Morgan fingerprint density at radius 3 is 2.17 bits per heavy atom. The minimum atomic E-state index is -0.606. The van der Waals surface area contributed by atoms with Crippen LogP contribution >= 0.6 is 0 Å². The van der Waals surface area contributed by atoms with Gasteiger partial charge in [-0.1, -0.05) is 6.07 Å². The van der Waals surface area contributed by atoms with Crippen LogP contribution in [0.2, 0.25) is 0 Å². The lowest BCUT2D eigenvalue weighted by molar-refractivity contribution is -0.0897. The summed E-state index contributed by atoms with van der Waals surface area (Å²) in [6, 6.07) is 4.36. The van der Waals surface area contributed by atoms with Crippen LogP contribution in [-0.2, 0) is 9.47 Å². The Balaban J connectivity index is 2.30. The van der Waals surface area contributed by atoms with E-state index in [-0.39, 0.29) is 5.56 Å². The van der Waals surface area contributed by atoms with Crippen molar-refractivity contribution in [2.24, 2.45) is 0 Å². The summed E-state index contributed by atoms with van der Waals surface area (Å²) in [5.41, 5.74) is -0.304. The van der Waals surface area contributed by atoms with E-state index >= 15 is 0 Å². The maximum Gasteiger partial charge on any atom is 0.185 e. The highest BCUT2D eigenvalue weighted by Gasteiger charge is 2.49. The van der Waals surface area contributed by atoms with Gasteiger partial charge in [-0.3, -0.25) is 4.79 Å². The first-order valence-electron chi connectivity index (χ1n) is 5.87. The van der Waals surface area contributed by atoms with Crippen molar-refractivity contribution in [3.63, 3.8) is 0 Å². The van der Waals surface area contributed by atoms with Crippen molar-refractivity contribution in [2.75, 3.05) is 0 Å². The summed E-state index contributed by atoms with van der Waals surface area (Å²) < 4.78 is 25.1. The number of rotatable bonds is 2. The first kappa shape index (κ1) is 13.2. The van der Waals surface area contributed by atoms with Crippen molar-refractivity contribution in [1.82, 2.24) is 0 Å². The van der Waals surface area contributed by atoms with E-state index < -0.39 is 23.3 Å². The molecule has 1 heterocycles. The monoisotopic (exact) mass is 252 g/mol. The molecule has 98 valence electrons. The number of hydrogen-bond donors (Lipinski definition) is 0. The number of aldehydes is 1. The number of carbonyl (C=O) groups excluding carboxylic acids is 1. The molecule has 1 fully saturated rings. The normalized spacial score (nSPS) is 22.1. The second kappa shape index (κ2) is 4.14. The molecule has 0 unspecified atom stereocenters. The minimum absolute atomic E-state index is 0.0373. The first-order valence-corrected chi connectivity index (χ1v) is 5.87. The Morgan fingerprint density at radius 2 is 1.72 bits per heavy atom. The van der Waals surface area contributed by atoms with E-state index in [0.717, 1.165) is 0 Å². The van der Waals surface area contributed by atoms with Gasteiger partial charge in [0.05, 0.1) is 16.8 Å². The molecule has 0 N–H and O–H groups in total. The molecule has 1 aromatic rings. The van der Waals surface area contributed by atoms with Crippen molar-refractivity contribution in [2.45, 2.75) is 45.2 Å². The van der Waals surface area contributed by atoms with Crippen LogP contribution in [0, 0.1) is 5.82 Å². The van der Waals surface area contributed by atoms with E-state index in [1.807, 2.05) is 27.7 Å².